The van der Waals surface area contributed by atoms with Crippen LogP contribution in [-0.2, 0) is 22.5 Å². The number of aryl methyl sites for hydroxylation is 2. The topological polar surface area (TPSA) is 56.1 Å². The summed E-state index contributed by atoms with van der Waals surface area (Å²) < 4.78 is 7.52. The minimum absolute atomic E-state index is 0.0843. The number of hydrogen-bond donors (Lipinski definition) is 1. The summed E-state index contributed by atoms with van der Waals surface area (Å²) >= 11 is 0. The van der Waals surface area contributed by atoms with Crippen molar-refractivity contribution in [2.24, 2.45) is 0 Å². The number of carbonyl (C=O) groups excluding carboxylic acids is 1. The Balaban J connectivity index is 1.67. The highest BCUT2D eigenvalue weighted by atomic mass is 16.5. The van der Waals surface area contributed by atoms with Gasteiger partial charge in [-0.3, -0.25) is 4.79 Å². The van der Waals surface area contributed by atoms with Crippen LogP contribution in [0, 0.1) is 6.92 Å². The van der Waals surface area contributed by atoms with Crippen LogP contribution in [0.15, 0.2) is 36.5 Å². The molecule has 0 fully saturated rings. The van der Waals surface area contributed by atoms with Crippen molar-refractivity contribution in [2.75, 3.05) is 7.11 Å². The number of methoxy groups -OCH3 is 1. The van der Waals surface area contributed by atoms with Crippen LogP contribution in [-0.4, -0.2) is 28.6 Å². The number of nitrogens with zero attached hydrogens (tertiary/aromatic N) is 2. The molecule has 22 heavy (non-hydrogen) atoms. The van der Waals surface area contributed by atoms with Gasteiger partial charge in [-0.05, 0) is 18.9 Å². The number of benzene rings is 1. The first-order chi connectivity index (χ1) is 10.7. The van der Waals surface area contributed by atoms with Crippen LogP contribution in [0.1, 0.15) is 29.6 Å². The minimum atomic E-state index is -0.563. The van der Waals surface area contributed by atoms with E-state index in [0.29, 0.717) is 0 Å². The molecule has 0 unspecified atom stereocenters. The maximum atomic E-state index is 12.5. The molecular weight excluding hydrogens is 278 g/mol. The Morgan fingerprint density at radius 3 is 2.91 bits per heavy atom. The largest absolute Gasteiger partial charge is 0.367 e. The van der Waals surface area contributed by atoms with Crippen LogP contribution in [0.25, 0.3) is 0 Å². The molecule has 3 rings (SSSR count). The molecule has 1 aromatic carbocycles. The molecule has 0 bridgehead atoms. The Morgan fingerprint density at radius 1 is 1.41 bits per heavy atom. The van der Waals surface area contributed by atoms with Crippen molar-refractivity contribution in [1.29, 1.82) is 0 Å². The summed E-state index contributed by atoms with van der Waals surface area (Å²) in [5.74, 6) is 1.02. The molecule has 0 aliphatic carbocycles. The Kier molecular flexibility index (Phi) is 4.24. The minimum Gasteiger partial charge on any atom is -0.367 e. The molecule has 2 aromatic rings. The maximum absolute atomic E-state index is 12.5. The zero-order valence-corrected chi connectivity index (χ0v) is 13.0. The lowest BCUT2D eigenvalue weighted by atomic mass is 10.1. The van der Waals surface area contributed by atoms with Crippen molar-refractivity contribution in [3.05, 3.63) is 53.6 Å². The molecule has 1 aromatic heterocycles. The van der Waals surface area contributed by atoms with Gasteiger partial charge in [-0.2, -0.15) is 0 Å². The van der Waals surface area contributed by atoms with Gasteiger partial charge in [-0.1, -0.05) is 30.3 Å². The molecular formula is C17H21N3O2. The fourth-order valence-corrected chi connectivity index (χ4v) is 3.00. The number of rotatable bonds is 4. The van der Waals surface area contributed by atoms with Gasteiger partial charge in [0.1, 0.15) is 5.82 Å². The van der Waals surface area contributed by atoms with Crippen LogP contribution in [0.3, 0.4) is 0 Å². The van der Waals surface area contributed by atoms with Crippen LogP contribution in [0.4, 0.5) is 0 Å². The highest BCUT2D eigenvalue weighted by Gasteiger charge is 2.25. The number of amides is 1. The van der Waals surface area contributed by atoms with Gasteiger partial charge >= 0.3 is 0 Å². The van der Waals surface area contributed by atoms with E-state index in [1.54, 1.807) is 7.11 Å². The molecule has 5 heteroatoms. The highest BCUT2D eigenvalue weighted by molar-refractivity contribution is 5.82. The second-order valence-corrected chi connectivity index (χ2v) is 5.72. The Morgan fingerprint density at radius 2 is 2.18 bits per heavy atom. The molecule has 116 valence electrons. The van der Waals surface area contributed by atoms with Crippen LogP contribution < -0.4 is 5.32 Å². The maximum Gasteiger partial charge on any atom is 0.254 e. The second-order valence-electron chi connectivity index (χ2n) is 5.72. The van der Waals surface area contributed by atoms with Crippen LogP contribution in [0.5, 0.6) is 0 Å². The molecule has 1 aliphatic rings. The summed E-state index contributed by atoms with van der Waals surface area (Å²) in [5.41, 5.74) is 1.90. The quantitative estimate of drug-likeness (QED) is 0.939. The first-order valence-corrected chi connectivity index (χ1v) is 7.58. The number of imidazole rings is 1. The van der Waals surface area contributed by atoms with Gasteiger partial charge in [0.05, 0.1) is 5.69 Å². The van der Waals surface area contributed by atoms with Crippen LogP contribution >= 0.6 is 0 Å². The van der Waals surface area contributed by atoms with E-state index in [-0.39, 0.29) is 11.9 Å². The Labute approximate surface area is 130 Å². The predicted molar refractivity (Wildman–Crippen MR) is 83.4 cm³/mol. The van der Waals surface area contributed by atoms with Crippen molar-refractivity contribution >= 4 is 5.91 Å². The summed E-state index contributed by atoms with van der Waals surface area (Å²) in [6.07, 6.45) is 3.28. The van der Waals surface area contributed by atoms with Gasteiger partial charge in [-0.15, -0.1) is 0 Å². The average Bonchev–Trinajstić information content (AvgIpc) is 2.88. The molecule has 1 aliphatic heterocycles. The molecule has 2 heterocycles. The Bertz CT molecular complexity index is 651. The molecule has 0 saturated carbocycles. The molecule has 1 amide bonds. The van der Waals surface area contributed by atoms with Gasteiger partial charge < -0.3 is 14.6 Å². The van der Waals surface area contributed by atoms with E-state index >= 15 is 0 Å². The SMILES string of the molecule is CO[C@@H](C(=O)N[C@H]1CCc2nc(C)cn2C1)c1ccccc1. The number of hydrogen-bond acceptors (Lipinski definition) is 3. The van der Waals surface area contributed by atoms with Crippen molar-refractivity contribution in [3.8, 4) is 0 Å². The predicted octanol–water partition coefficient (Wildman–Crippen LogP) is 2.01. The van der Waals surface area contributed by atoms with E-state index in [1.807, 2.05) is 43.5 Å². The summed E-state index contributed by atoms with van der Waals surface area (Å²) in [5, 5.41) is 3.11. The van der Waals surface area contributed by atoms with Crippen molar-refractivity contribution in [3.63, 3.8) is 0 Å². The summed E-state index contributed by atoms with van der Waals surface area (Å²) in [7, 11) is 1.56. The van der Waals surface area contributed by atoms with Gasteiger partial charge in [0.15, 0.2) is 6.10 Å². The third kappa shape index (κ3) is 3.04. The fraction of sp³-hybridized carbons (Fsp3) is 0.412. The molecule has 0 radical (unpaired) electrons. The number of carbonyl (C=O) groups is 1. The summed E-state index contributed by atoms with van der Waals surface area (Å²) in [6, 6.07) is 9.69. The lowest BCUT2D eigenvalue weighted by molar-refractivity contribution is -0.132. The van der Waals surface area contributed by atoms with Crippen molar-refractivity contribution < 1.29 is 9.53 Å². The standard InChI is InChI=1S/C17H21N3O2/c1-12-10-20-11-14(8-9-15(20)18-12)19-17(21)16(22-2)13-6-4-3-5-7-13/h3-7,10,14,16H,8-9,11H2,1-2H3,(H,19,21)/t14-,16+/m0/s1. The van der Waals surface area contributed by atoms with Gasteiger partial charge in [0.2, 0.25) is 0 Å². The third-order valence-electron chi connectivity index (χ3n) is 4.04. The lowest BCUT2D eigenvalue weighted by Crippen LogP contribution is -2.43. The summed E-state index contributed by atoms with van der Waals surface area (Å²) in [4.78, 5) is 17.0. The van der Waals surface area contributed by atoms with E-state index in [2.05, 4.69) is 14.9 Å². The molecule has 2 atom stereocenters. The smallest absolute Gasteiger partial charge is 0.254 e. The van der Waals surface area contributed by atoms with E-state index in [9.17, 15) is 4.79 Å². The first kappa shape index (κ1) is 14.8. The van der Waals surface area contributed by atoms with E-state index in [1.165, 1.54) is 0 Å². The lowest BCUT2D eigenvalue weighted by Gasteiger charge is -2.26. The van der Waals surface area contributed by atoms with Gasteiger partial charge in [0, 0.05) is 32.3 Å². The zero-order valence-electron chi connectivity index (χ0n) is 13.0. The van der Waals surface area contributed by atoms with E-state index in [4.69, 9.17) is 4.74 Å². The zero-order chi connectivity index (χ0) is 15.5. The average molecular weight is 299 g/mol. The number of ether oxygens (including phenoxy) is 1. The van der Waals surface area contributed by atoms with Crippen molar-refractivity contribution in [1.82, 2.24) is 14.9 Å². The first-order valence-electron chi connectivity index (χ1n) is 7.58. The van der Waals surface area contributed by atoms with Gasteiger partial charge in [0.25, 0.3) is 5.91 Å². The molecule has 1 N–H and O–H groups in total. The monoisotopic (exact) mass is 299 g/mol. The molecule has 0 saturated heterocycles. The molecule has 0 spiro atoms. The number of aromatic nitrogens is 2. The highest BCUT2D eigenvalue weighted by Crippen LogP contribution is 2.19. The fourth-order valence-electron chi connectivity index (χ4n) is 3.00. The normalized spacial score (nSPS) is 18.5. The van der Waals surface area contributed by atoms with Gasteiger partial charge in [-0.25, -0.2) is 4.98 Å². The summed E-state index contributed by atoms with van der Waals surface area (Å²) in [6.45, 7) is 2.77. The number of fused-ring (bicyclic) bond motifs is 1. The second kappa shape index (κ2) is 6.32. The number of nitrogens with one attached hydrogen (secondary N) is 1. The third-order valence-corrected chi connectivity index (χ3v) is 4.04. The molecule has 5 nitrogen and oxygen atoms in total. The van der Waals surface area contributed by atoms with Crippen molar-refractivity contribution in [2.45, 2.75) is 38.5 Å². The van der Waals surface area contributed by atoms with E-state index in [0.717, 1.165) is 36.5 Å². The van der Waals surface area contributed by atoms with Crippen LogP contribution in [0.2, 0.25) is 0 Å². The Hall–Kier alpha value is -2.14. The van der Waals surface area contributed by atoms with E-state index < -0.39 is 6.10 Å².